The van der Waals surface area contributed by atoms with Gasteiger partial charge in [0.25, 0.3) is 0 Å². The molecule has 0 spiro atoms. The molecule has 1 atom stereocenters. The molecule has 0 amide bonds. The molecule has 0 bridgehead atoms. The van der Waals surface area contributed by atoms with Crippen molar-refractivity contribution in [2.45, 2.75) is 19.8 Å². The van der Waals surface area contributed by atoms with Gasteiger partial charge in [-0.15, -0.1) is 11.6 Å². The average Bonchev–Trinajstić information content (AvgIpc) is 2.06. The van der Waals surface area contributed by atoms with Crippen molar-refractivity contribution in [1.82, 2.24) is 0 Å². The molecule has 1 aliphatic rings. The van der Waals surface area contributed by atoms with Gasteiger partial charge in [-0.05, 0) is 19.8 Å². The maximum absolute atomic E-state index is 5.66. The van der Waals surface area contributed by atoms with Crippen molar-refractivity contribution < 1.29 is 4.74 Å². The van der Waals surface area contributed by atoms with Crippen LogP contribution in [0.2, 0.25) is 0 Å². The van der Waals surface area contributed by atoms with E-state index in [-0.39, 0.29) is 0 Å². The SMILES string of the molecule is C/C(=C\C1CCCOC1)CCl. The van der Waals surface area contributed by atoms with E-state index in [2.05, 4.69) is 13.0 Å². The van der Waals surface area contributed by atoms with Crippen molar-refractivity contribution in [3.05, 3.63) is 11.6 Å². The molecule has 0 aromatic heterocycles. The summed E-state index contributed by atoms with van der Waals surface area (Å²) in [6.07, 6.45) is 4.69. The average molecular weight is 175 g/mol. The molecule has 0 aromatic carbocycles. The molecule has 1 heterocycles. The highest BCUT2D eigenvalue weighted by Crippen LogP contribution is 2.16. The Morgan fingerprint density at radius 2 is 2.55 bits per heavy atom. The number of alkyl halides is 1. The van der Waals surface area contributed by atoms with Crippen LogP contribution in [0.5, 0.6) is 0 Å². The Morgan fingerprint density at radius 3 is 3.09 bits per heavy atom. The molecule has 1 fully saturated rings. The van der Waals surface area contributed by atoms with Gasteiger partial charge >= 0.3 is 0 Å². The highest BCUT2D eigenvalue weighted by molar-refractivity contribution is 6.19. The molecule has 2 heteroatoms. The molecule has 0 radical (unpaired) electrons. The number of halogens is 1. The lowest BCUT2D eigenvalue weighted by molar-refractivity contribution is 0.0708. The van der Waals surface area contributed by atoms with Gasteiger partial charge in [0.15, 0.2) is 0 Å². The summed E-state index contributed by atoms with van der Waals surface area (Å²) in [5, 5.41) is 0. The molecule has 0 saturated carbocycles. The van der Waals surface area contributed by atoms with Crippen molar-refractivity contribution >= 4 is 11.6 Å². The van der Waals surface area contributed by atoms with Crippen LogP contribution in [0.1, 0.15) is 19.8 Å². The van der Waals surface area contributed by atoms with Crippen LogP contribution in [0, 0.1) is 5.92 Å². The molecule has 1 saturated heterocycles. The highest BCUT2D eigenvalue weighted by atomic mass is 35.5. The monoisotopic (exact) mass is 174 g/mol. The van der Waals surface area contributed by atoms with E-state index in [1.807, 2.05) is 0 Å². The third-order valence-electron chi connectivity index (χ3n) is 1.93. The van der Waals surface area contributed by atoms with E-state index in [1.54, 1.807) is 0 Å². The summed E-state index contributed by atoms with van der Waals surface area (Å²) in [4.78, 5) is 0. The molecule has 1 aliphatic heterocycles. The van der Waals surface area contributed by atoms with Crippen LogP contribution in [-0.4, -0.2) is 19.1 Å². The molecule has 1 nitrogen and oxygen atoms in total. The lowest BCUT2D eigenvalue weighted by atomic mass is 10.0. The van der Waals surface area contributed by atoms with Gasteiger partial charge in [0.1, 0.15) is 0 Å². The third kappa shape index (κ3) is 3.26. The first kappa shape index (κ1) is 9.08. The smallest absolute Gasteiger partial charge is 0.0528 e. The van der Waals surface area contributed by atoms with Gasteiger partial charge in [-0.1, -0.05) is 11.6 Å². The lowest BCUT2D eigenvalue weighted by Crippen LogP contribution is -2.15. The minimum atomic E-state index is 0.613. The van der Waals surface area contributed by atoms with Crippen LogP contribution >= 0.6 is 11.6 Å². The lowest BCUT2D eigenvalue weighted by Gasteiger charge is -2.19. The third-order valence-corrected chi connectivity index (χ3v) is 2.35. The number of rotatable bonds is 2. The fourth-order valence-corrected chi connectivity index (χ4v) is 1.43. The minimum Gasteiger partial charge on any atom is -0.381 e. The van der Waals surface area contributed by atoms with Crippen LogP contribution in [0.25, 0.3) is 0 Å². The van der Waals surface area contributed by atoms with Crippen molar-refractivity contribution in [2.75, 3.05) is 19.1 Å². The zero-order valence-corrected chi connectivity index (χ0v) is 7.73. The Labute approximate surface area is 73.4 Å². The van der Waals surface area contributed by atoms with E-state index in [4.69, 9.17) is 16.3 Å². The Kier molecular flexibility index (Phi) is 3.95. The van der Waals surface area contributed by atoms with E-state index in [0.717, 1.165) is 13.2 Å². The Morgan fingerprint density at radius 1 is 1.73 bits per heavy atom. The number of hydrogen-bond acceptors (Lipinski definition) is 1. The van der Waals surface area contributed by atoms with Crippen molar-refractivity contribution in [2.24, 2.45) is 5.92 Å². The largest absolute Gasteiger partial charge is 0.381 e. The Bertz CT molecular complexity index is 136. The fraction of sp³-hybridized carbons (Fsp3) is 0.778. The van der Waals surface area contributed by atoms with Crippen molar-refractivity contribution in [1.29, 1.82) is 0 Å². The number of ether oxygens (including phenoxy) is 1. The van der Waals surface area contributed by atoms with Gasteiger partial charge in [-0.25, -0.2) is 0 Å². The Hall–Kier alpha value is -0.0100. The second-order valence-corrected chi connectivity index (χ2v) is 3.39. The molecule has 1 rings (SSSR count). The topological polar surface area (TPSA) is 9.23 Å². The molecule has 0 N–H and O–H groups in total. The summed E-state index contributed by atoms with van der Waals surface area (Å²) in [6, 6.07) is 0. The molecular formula is C9H15ClO. The molecule has 1 unspecified atom stereocenters. The summed E-state index contributed by atoms with van der Waals surface area (Å²) in [6.45, 7) is 3.89. The van der Waals surface area contributed by atoms with E-state index in [1.165, 1.54) is 18.4 Å². The molecular weight excluding hydrogens is 160 g/mol. The van der Waals surface area contributed by atoms with Crippen LogP contribution in [-0.2, 0) is 4.74 Å². The van der Waals surface area contributed by atoms with Crippen molar-refractivity contribution in [3.63, 3.8) is 0 Å². The van der Waals surface area contributed by atoms with Gasteiger partial charge < -0.3 is 4.74 Å². The fourth-order valence-electron chi connectivity index (χ4n) is 1.34. The summed E-state index contributed by atoms with van der Waals surface area (Å²) in [5.74, 6) is 1.26. The van der Waals surface area contributed by atoms with Crippen molar-refractivity contribution in [3.8, 4) is 0 Å². The van der Waals surface area contributed by atoms with Gasteiger partial charge in [-0.3, -0.25) is 0 Å². The van der Waals surface area contributed by atoms with Crippen LogP contribution in [0.3, 0.4) is 0 Å². The summed E-state index contributed by atoms with van der Waals surface area (Å²) >= 11 is 5.66. The predicted octanol–water partition coefficient (Wildman–Crippen LogP) is 2.60. The molecule has 0 aromatic rings. The first-order valence-electron chi connectivity index (χ1n) is 4.14. The Balaban J connectivity index is 2.34. The van der Waals surface area contributed by atoms with Gasteiger partial charge in [0.2, 0.25) is 0 Å². The standard InChI is InChI=1S/C9H15ClO/c1-8(6-10)5-9-3-2-4-11-7-9/h5,9H,2-4,6-7H2,1H3/b8-5+. The van der Waals surface area contributed by atoms with Gasteiger partial charge in [-0.2, -0.15) is 0 Å². The summed E-state index contributed by atoms with van der Waals surface area (Å²) < 4.78 is 5.34. The first-order valence-corrected chi connectivity index (χ1v) is 4.67. The second kappa shape index (κ2) is 4.78. The van der Waals surface area contributed by atoms with E-state index < -0.39 is 0 Å². The maximum atomic E-state index is 5.66. The van der Waals surface area contributed by atoms with Gasteiger partial charge in [0, 0.05) is 18.4 Å². The normalized spacial score (nSPS) is 27.1. The van der Waals surface area contributed by atoms with E-state index in [9.17, 15) is 0 Å². The highest BCUT2D eigenvalue weighted by Gasteiger charge is 2.10. The van der Waals surface area contributed by atoms with E-state index >= 15 is 0 Å². The zero-order chi connectivity index (χ0) is 8.10. The molecule has 11 heavy (non-hydrogen) atoms. The molecule has 0 aliphatic carbocycles. The number of hydrogen-bond donors (Lipinski definition) is 0. The van der Waals surface area contributed by atoms with Crippen LogP contribution in [0.15, 0.2) is 11.6 Å². The maximum Gasteiger partial charge on any atom is 0.0528 e. The van der Waals surface area contributed by atoms with Gasteiger partial charge in [0.05, 0.1) is 6.61 Å². The van der Waals surface area contributed by atoms with E-state index in [0.29, 0.717) is 11.8 Å². The summed E-state index contributed by atoms with van der Waals surface area (Å²) in [7, 11) is 0. The zero-order valence-electron chi connectivity index (χ0n) is 6.98. The number of allylic oxidation sites excluding steroid dienone is 1. The minimum absolute atomic E-state index is 0.613. The predicted molar refractivity (Wildman–Crippen MR) is 48.0 cm³/mol. The molecule has 64 valence electrons. The summed E-state index contributed by atoms with van der Waals surface area (Å²) in [5.41, 5.74) is 1.27. The van der Waals surface area contributed by atoms with Crippen LogP contribution < -0.4 is 0 Å². The second-order valence-electron chi connectivity index (χ2n) is 3.12. The first-order chi connectivity index (χ1) is 5.33. The quantitative estimate of drug-likeness (QED) is 0.462. The van der Waals surface area contributed by atoms with Crippen LogP contribution in [0.4, 0.5) is 0 Å².